The molecule has 0 aromatic heterocycles. The summed E-state index contributed by atoms with van der Waals surface area (Å²) in [6.07, 6.45) is 0.378. The SMILES string of the molecule is COP(=O)(CCSCCOP(O)N(C(C)C)C(C)C)OC. The van der Waals surface area contributed by atoms with Crippen LogP contribution < -0.4 is 0 Å². The van der Waals surface area contributed by atoms with Crippen LogP contribution in [0, 0.1) is 0 Å². The molecule has 0 aromatic rings. The van der Waals surface area contributed by atoms with Crippen LogP contribution in [0.25, 0.3) is 0 Å². The van der Waals surface area contributed by atoms with Crippen LogP contribution in [0.15, 0.2) is 0 Å². The molecular formula is C12H29NO5P2S. The molecule has 1 N–H and O–H groups in total. The molecule has 0 rings (SSSR count). The Kier molecular flexibility index (Phi) is 11.8. The van der Waals surface area contributed by atoms with Crippen molar-refractivity contribution in [3.05, 3.63) is 0 Å². The van der Waals surface area contributed by atoms with E-state index in [1.807, 2.05) is 32.4 Å². The number of rotatable bonds is 12. The van der Waals surface area contributed by atoms with Gasteiger partial charge in [0, 0.05) is 37.8 Å². The molecule has 0 radical (unpaired) electrons. The van der Waals surface area contributed by atoms with Gasteiger partial charge in [0.2, 0.25) is 0 Å². The lowest BCUT2D eigenvalue weighted by Crippen LogP contribution is -2.32. The summed E-state index contributed by atoms with van der Waals surface area (Å²) < 4.78 is 29.0. The number of thioether (sulfide) groups is 1. The maximum absolute atomic E-state index is 11.8. The molecule has 0 amide bonds. The summed E-state index contributed by atoms with van der Waals surface area (Å²) in [4.78, 5) is 10.1. The van der Waals surface area contributed by atoms with Crippen LogP contribution >= 0.6 is 27.9 Å². The summed E-state index contributed by atoms with van der Waals surface area (Å²) >= 11 is 1.60. The average molecular weight is 361 g/mol. The highest BCUT2D eigenvalue weighted by Gasteiger charge is 2.24. The van der Waals surface area contributed by atoms with Crippen molar-refractivity contribution < 1.29 is 23.0 Å². The van der Waals surface area contributed by atoms with Crippen LogP contribution in [0.4, 0.5) is 0 Å². The molecule has 0 fully saturated rings. The highest BCUT2D eigenvalue weighted by Crippen LogP contribution is 2.46. The van der Waals surface area contributed by atoms with Crippen molar-refractivity contribution in [3.8, 4) is 0 Å². The molecule has 0 saturated carbocycles. The second-order valence-electron chi connectivity index (χ2n) is 4.97. The third-order valence-electron chi connectivity index (χ3n) is 2.76. The van der Waals surface area contributed by atoms with Gasteiger partial charge in [0.05, 0.1) is 12.8 Å². The van der Waals surface area contributed by atoms with Gasteiger partial charge in [-0.15, -0.1) is 0 Å². The van der Waals surface area contributed by atoms with Crippen molar-refractivity contribution in [1.29, 1.82) is 0 Å². The van der Waals surface area contributed by atoms with E-state index in [-0.39, 0.29) is 12.1 Å². The predicted octanol–water partition coefficient (Wildman–Crippen LogP) is 3.56. The lowest BCUT2D eigenvalue weighted by Gasteiger charge is -2.32. The molecule has 0 heterocycles. The third-order valence-corrected chi connectivity index (χ3v) is 7.62. The summed E-state index contributed by atoms with van der Waals surface area (Å²) in [5, 5.41) is 0. The fraction of sp³-hybridized carbons (Fsp3) is 1.00. The van der Waals surface area contributed by atoms with E-state index in [0.29, 0.717) is 18.5 Å². The second kappa shape index (κ2) is 11.4. The molecule has 0 aliphatic carbocycles. The summed E-state index contributed by atoms with van der Waals surface area (Å²) in [5.41, 5.74) is 0. The van der Waals surface area contributed by atoms with Crippen molar-refractivity contribution in [2.45, 2.75) is 39.8 Å². The summed E-state index contributed by atoms with van der Waals surface area (Å²) in [7, 11) is -1.68. The standard InChI is InChI=1S/C12H29NO5P2S/c1-11(2)13(12(3)4)19(14)18-7-9-21-10-8-20(15,16-5)17-6/h11-12,14H,7-10H2,1-6H3. The van der Waals surface area contributed by atoms with Gasteiger partial charge in [0.15, 0.2) is 0 Å². The fourth-order valence-electron chi connectivity index (χ4n) is 1.77. The highest BCUT2D eigenvalue weighted by atomic mass is 32.2. The van der Waals surface area contributed by atoms with Crippen molar-refractivity contribution in [3.63, 3.8) is 0 Å². The van der Waals surface area contributed by atoms with E-state index in [4.69, 9.17) is 13.6 Å². The van der Waals surface area contributed by atoms with Gasteiger partial charge in [0.1, 0.15) is 0 Å². The van der Waals surface area contributed by atoms with Gasteiger partial charge in [-0.2, -0.15) is 11.8 Å². The van der Waals surface area contributed by atoms with Crippen molar-refractivity contribution in [1.82, 2.24) is 4.67 Å². The Morgan fingerprint density at radius 3 is 2.10 bits per heavy atom. The number of hydrogen-bond donors (Lipinski definition) is 1. The maximum atomic E-state index is 11.8. The van der Waals surface area contributed by atoms with Crippen molar-refractivity contribution in [2.24, 2.45) is 0 Å². The third kappa shape index (κ3) is 8.87. The molecule has 21 heavy (non-hydrogen) atoms. The minimum atomic E-state index is -2.91. The Labute approximate surface area is 134 Å². The van der Waals surface area contributed by atoms with Crippen LogP contribution in [0.2, 0.25) is 0 Å². The summed E-state index contributed by atoms with van der Waals surface area (Å²) in [6.45, 7) is 8.62. The predicted molar refractivity (Wildman–Crippen MR) is 91.0 cm³/mol. The van der Waals surface area contributed by atoms with Gasteiger partial charge in [-0.25, -0.2) is 4.67 Å². The minimum Gasteiger partial charge on any atom is -0.338 e. The molecule has 1 atom stereocenters. The van der Waals surface area contributed by atoms with Crippen LogP contribution in [0.1, 0.15) is 27.7 Å². The normalized spacial score (nSPS) is 14.4. The van der Waals surface area contributed by atoms with Gasteiger partial charge >= 0.3 is 7.60 Å². The zero-order valence-electron chi connectivity index (χ0n) is 13.8. The molecule has 1 unspecified atom stereocenters. The van der Waals surface area contributed by atoms with E-state index < -0.39 is 16.1 Å². The molecule has 9 heteroatoms. The Balaban J connectivity index is 3.88. The van der Waals surface area contributed by atoms with Gasteiger partial charge in [-0.05, 0) is 27.7 Å². The Hall–Kier alpha value is 0.810. The van der Waals surface area contributed by atoms with Crippen molar-refractivity contribution in [2.75, 3.05) is 38.5 Å². The summed E-state index contributed by atoms with van der Waals surface area (Å²) in [6, 6.07) is 0.478. The van der Waals surface area contributed by atoms with E-state index in [1.54, 1.807) is 11.8 Å². The Bertz CT molecular complexity index is 304. The molecule has 6 nitrogen and oxygen atoms in total. The van der Waals surface area contributed by atoms with Gasteiger partial charge < -0.3 is 18.5 Å². The molecule has 0 aromatic carbocycles. The van der Waals surface area contributed by atoms with Crippen LogP contribution in [-0.4, -0.2) is 60.1 Å². The van der Waals surface area contributed by atoms with E-state index in [1.165, 1.54) is 14.2 Å². The first-order valence-electron chi connectivity index (χ1n) is 6.95. The zero-order valence-corrected chi connectivity index (χ0v) is 16.4. The van der Waals surface area contributed by atoms with Gasteiger partial charge in [-0.3, -0.25) is 4.57 Å². The first-order chi connectivity index (χ1) is 9.77. The van der Waals surface area contributed by atoms with E-state index in [2.05, 4.69) is 0 Å². The Morgan fingerprint density at radius 1 is 1.14 bits per heavy atom. The Morgan fingerprint density at radius 2 is 1.67 bits per heavy atom. The van der Waals surface area contributed by atoms with E-state index in [9.17, 15) is 9.46 Å². The lowest BCUT2D eigenvalue weighted by molar-refractivity contribution is 0.220. The molecule has 128 valence electrons. The fourth-order valence-corrected chi connectivity index (χ4v) is 5.40. The molecular weight excluding hydrogens is 332 g/mol. The minimum absolute atomic E-state index is 0.239. The lowest BCUT2D eigenvalue weighted by atomic mass is 10.3. The van der Waals surface area contributed by atoms with Crippen LogP contribution in [0.5, 0.6) is 0 Å². The van der Waals surface area contributed by atoms with Gasteiger partial charge in [0.25, 0.3) is 8.53 Å². The molecule has 0 aliphatic rings. The topological polar surface area (TPSA) is 68.2 Å². The van der Waals surface area contributed by atoms with E-state index in [0.717, 1.165) is 5.75 Å². The molecule has 0 saturated heterocycles. The van der Waals surface area contributed by atoms with Crippen LogP contribution in [0.3, 0.4) is 0 Å². The highest BCUT2D eigenvalue weighted by molar-refractivity contribution is 7.99. The first kappa shape index (κ1) is 21.8. The molecule has 0 aliphatic heterocycles. The van der Waals surface area contributed by atoms with Gasteiger partial charge in [-0.1, -0.05) is 0 Å². The monoisotopic (exact) mass is 361 g/mol. The quantitative estimate of drug-likeness (QED) is 0.421. The van der Waals surface area contributed by atoms with E-state index >= 15 is 0 Å². The van der Waals surface area contributed by atoms with Crippen molar-refractivity contribution >= 4 is 27.9 Å². The molecule has 0 bridgehead atoms. The largest absolute Gasteiger partial charge is 0.338 e. The average Bonchev–Trinajstić information content (AvgIpc) is 2.41. The number of nitrogens with zero attached hydrogens (tertiary/aromatic N) is 1. The summed E-state index contributed by atoms with van der Waals surface area (Å²) in [5.74, 6) is 1.40. The second-order valence-corrected chi connectivity index (χ2v) is 9.82. The number of hydrogen-bond acceptors (Lipinski definition) is 7. The zero-order chi connectivity index (χ0) is 16.5. The smallest absolute Gasteiger partial charge is 0.330 e. The molecule has 0 spiro atoms. The van der Waals surface area contributed by atoms with Crippen LogP contribution in [-0.2, 0) is 18.1 Å². The maximum Gasteiger partial charge on any atom is 0.330 e. The first-order valence-corrected chi connectivity index (χ1v) is 11.0.